The van der Waals surface area contributed by atoms with Crippen LogP contribution < -0.4 is 5.32 Å². The zero-order chi connectivity index (χ0) is 16.4. The minimum absolute atomic E-state index is 0.134. The second-order valence-corrected chi connectivity index (χ2v) is 6.26. The average Bonchev–Trinajstić information content (AvgIpc) is 3.16. The molecule has 1 aliphatic rings. The zero-order valence-corrected chi connectivity index (χ0v) is 13.7. The van der Waals surface area contributed by atoms with E-state index in [0.29, 0.717) is 24.8 Å². The van der Waals surface area contributed by atoms with Gasteiger partial charge in [0.05, 0.1) is 0 Å². The molecule has 3 rings (SSSR count). The summed E-state index contributed by atoms with van der Waals surface area (Å²) in [5, 5.41) is 14.8. The van der Waals surface area contributed by atoms with Crippen molar-refractivity contribution in [2.24, 2.45) is 7.05 Å². The Hall–Kier alpha value is -2.38. The first-order valence-electron chi connectivity index (χ1n) is 7.91. The van der Waals surface area contributed by atoms with Crippen molar-refractivity contribution < 1.29 is 9.32 Å². The van der Waals surface area contributed by atoms with E-state index in [-0.39, 0.29) is 11.9 Å². The molecule has 2 aromatic rings. The standard InChI is InChI=1S/C15H22N6O2/c1-10(2)12-8-13(19-23-12)17-15(22)21-6-4-11(5-7-21)14-18-16-9-20(14)3/h8-11H,4-7H2,1-3H3,(H,17,19,22). The Morgan fingerprint density at radius 2 is 2.13 bits per heavy atom. The molecule has 23 heavy (non-hydrogen) atoms. The van der Waals surface area contributed by atoms with Gasteiger partial charge in [0.1, 0.15) is 17.9 Å². The maximum Gasteiger partial charge on any atom is 0.323 e. The molecule has 0 unspecified atom stereocenters. The third kappa shape index (κ3) is 3.35. The van der Waals surface area contributed by atoms with Crippen LogP contribution in [-0.2, 0) is 7.05 Å². The number of likely N-dealkylation sites (tertiary alicyclic amines) is 1. The number of carbonyl (C=O) groups is 1. The normalized spacial score (nSPS) is 16.1. The zero-order valence-electron chi connectivity index (χ0n) is 13.7. The van der Waals surface area contributed by atoms with Crippen molar-refractivity contribution >= 4 is 11.8 Å². The van der Waals surface area contributed by atoms with Gasteiger partial charge in [0.2, 0.25) is 0 Å². The van der Waals surface area contributed by atoms with Crippen LogP contribution >= 0.6 is 0 Å². The van der Waals surface area contributed by atoms with Gasteiger partial charge in [-0.25, -0.2) is 4.79 Å². The predicted molar refractivity (Wildman–Crippen MR) is 84.2 cm³/mol. The molecule has 0 spiro atoms. The van der Waals surface area contributed by atoms with Crippen LogP contribution in [0.25, 0.3) is 0 Å². The van der Waals surface area contributed by atoms with Gasteiger partial charge >= 0.3 is 6.03 Å². The van der Waals surface area contributed by atoms with Crippen LogP contribution in [0.2, 0.25) is 0 Å². The van der Waals surface area contributed by atoms with Crippen LogP contribution in [0.3, 0.4) is 0 Å². The quantitative estimate of drug-likeness (QED) is 0.938. The smallest absolute Gasteiger partial charge is 0.323 e. The van der Waals surface area contributed by atoms with Gasteiger partial charge < -0.3 is 14.0 Å². The molecule has 0 bridgehead atoms. The monoisotopic (exact) mass is 318 g/mol. The fraction of sp³-hybridized carbons (Fsp3) is 0.600. The van der Waals surface area contributed by atoms with Gasteiger partial charge in [-0.3, -0.25) is 5.32 Å². The molecule has 2 amide bonds. The van der Waals surface area contributed by atoms with E-state index in [1.165, 1.54) is 0 Å². The van der Waals surface area contributed by atoms with Crippen LogP contribution in [0.4, 0.5) is 10.6 Å². The molecule has 1 N–H and O–H groups in total. The van der Waals surface area contributed by atoms with Gasteiger partial charge in [0.15, 0.2) is 5.82 Å². The highest BCUT2D eigenvalue weighted by molar-refractivity contribution is 5.88. The van der Waals surface area contributed by atoms with Crippen molar-refractivity contribution in [3.63, 3.8) is 0 Å². The molecule has 3 heterocycles. The highest BCUT2D eigenvalue weighted by atomic mass is 16.5. The van der Waals surface area contributed by atoms with E-state index in [0.717, 1.165) is 24.4 Å². The van der Waals surface area contributed by atoms with Crippen molar-refractivity contribution in [2.75, 3.05) is 18.4 Å². The van der Waals surface area contributed by atoms with Gasteiger partial charge in [-0.1, -0.05) is 19.0 Å². The maximum atomic E-state index is 12.3. The summed E-state index contributed by atoms with van der Waals surface area (Å²) in [6.07, 6.45) is 3.48. The molecule has 2 aromatic heterocycles. The minimum atomic E-state index is -0.134. The summed E-state index contributed by atoms with van der Waals surface area (Å²) in [6, 6.07) is 1.64. The van der Waals surface area contributed by atoms with Crippen LogP contribution in [0, 0.1) is 0 Å². The number of piperidine rings is 1. The Kier molecular flexibility index (Phi) is 4.31. The van der Waals surface area contributed by atoms with Crippen LogP contribution in [0.5, 0.6) is 0 Å². The van der Waals surface area contributed by atoms with Gasteiger partial charge in [-0.05, 0) is 12.8 Å². The number of aromatic nitrogens is 4. The lowest BCUT2D eigenvalue weighted by Gasteiger charge is -2.31. The Bertz CT molecular complexity index is 669. The first kappa shape index (κ1) is 15.5. The Labute approximate surface area is 134 Å². The molecule has 0 aliphatic carbocycles. The number of aryl methyl sites for hydroxylation is 1. The summed E-state index contributed by atoms with van der Waals surface area (Å²) >= 11 is 0. The van der Waals surface area contributed by atoms with Gasteiger partial charge in [-0.15, -0.1) is 10.2 Å². The van der Waals surface area contributed by atoms with Crippen LogP contribution in [0.15, 0.2) is 16.9 Å². The minimum Gasteiger partial charge on any atom is -0.359 e. The fourth-order valence-electron chi connectivity index (χ4n) is 2.81. The molecule has 124 valence electrons. The maximum absolute atomic E-state index is 12.3. The number of anilines is 1. The second kappa shape index (κ2) is 6.39. The van der Waals surface area contributed by atoms with E-state index >= 15 is 0 Å². The van der Waals surface area contributed by atoms with Crippen molar-refractivity contribution in [2.45, 2.75) is 38.5 Å². The first-order valence-corrected chi connectivity index (χ1v) is 7.91. The van der Waals surface area contributed by atoms with E-state index in [4.69, 9.17) is 4.52 Å². The number of nitrogens with one attached hydrogen (secondary N) is 1. The number of urea groups is 1. The van der Waals surface area contributed by atoms with E-state index in [1.54, 1.807) is 17.3 Å². The van der Waals surface area contributed by atoms with Gasteiger partial charge in [-0.2, -0.15) is 0 Å². The Morgan fingerprint density at radius 3 is 2.70 bits per heavy atom. The number of carbonyl (C=O) groups excluding carboxylic acids is 1. The van der Waals surface area contributed by atoms with Crippen LogP contribution in [0.1, 0.15) is 50.1 Å². The lowest BCUT2D eigenvalue weighted by molar-refractivity contribution is 0.193. The lowest BCUT2D eigenvalue weighted by Crippen LogP contribution is -2.41. The molecule has 1 saturated heterocycles. The summed E-state index contributed by atoms with van der Waals surface area (Å²) in [6.45, 7) is 5.42. The molecule has 8 heteroatoms. The lowest BCUT2D eigenvalue weighted by atomic mass is 9.96. The van der Waals surface area contributed by atoms with Crippen molar-refractivity contribution in [1.29, 1.82) is 0 Å². The Balaban J connectivity index is 1.54. The number of rotatable bonds is 3. The molecule has 0 aromatic carbocycles. The summed E-state index contributed by atoms with van der Waals surface area (Å²) in [7, 11) is 1.95. The molecule has 1 aliphatic heterocycles. The topological polar surface area (TPSA) is 89.1 Å². The molecular weight excluding hydrogens is 296 g/mol. The molecule has 0 saturated carbocycles. The van der Waals surface area contributed by atoms with Crippen LogP contribution in [-0.4, -0.2) is 43.9 Å². The molecule has 0 radical (unpaired) electrons. The predicted octanol–water partition coefficient (Wildman–Crippen LogP) is 2.34. The second-order valence-electron chi connectivity index (χ2n) is 6.26. The third-order valence-corrected chi connectivity index (χ3v) is 4.23. The van der Waals surface area contributed by atoms with E-state index < -0.39 is 0 Å². The third-order valence-electron chi connectivity index (χ3n) is 4.23. The van der Waals surface area contributed by atoms with Gasteiger partial charge in [0.25, 0.3) is 0 Å². The summed E-state index contributed by atoms with van der Waals surface area (Å²) < 4.78 is 7.14. The Morgan fingerprint density at radius 1 is 1.39 bits per heavy atom. The first-order chi connectivity index (χ1) is 11.0. The molecule has 8 nitrogen and oxygen atoms in total. The largest absolute Gasteiger partial charge is 0.359 e. The SMILES string of the molecule is CC(C)c1cc(NC(=O)N2CCC(c3nncn3C)CC2)no1. The number of nitrogens with zero attached hydrogens (tertiary/aromatic N) is 5. The molecule has 0 atom stereocenters. The van der Waals surface area contributed by atoms with Crippen molar-refractivity contribution in [3.05, 3.63) is 24.0 Å². The van der Waals surface area contributed by atoms with E-state index in [1.807, 2.05) is 25.5 Å². The number of hydrogen-bond donors (Lipinski definition) is 1. The molecular formula is C15H22N6O2. The highest BCUT2D eigenvalue weighted by Gasteiger charge is 2.26. The summed E-state index contributed by atoms with van der Waals surface area (Å²) in [4.78, 5) is 14.1. The number of hydrogen-bond acceptors (Lipinski definition) is 5. The van der Waals surface area contributed by atoms with Crippen molar-refractivity contribution in [3.8, 4) is 0 Å². The average molecular weight is 318 g/mol. The van der Waals surface area contributed by atoms with Crippen molar-refractivity contribution in [1.82, 2.24) is 24.8 Å². The number of amides is 2. The van der Waals surface area contributed by atoms with Gasteiger partial charge in [0, 0.05) is 38.0 Å². The van der Waals surface area contributed by atoms with E-state index in [2.05, 4.69) is 20.7 Å². The summed E-state index contributed by atoms with van der Waals surface area (Å²) in [5.41, 5.74) is 0. The molecule has 1 fully saturated rings. The van der Waals surface area contributed by atoms with E-state index in [9.17, 15) is 4.79 Å². The fourth-order valence-corrected chi connectivity index (χ4v) is 2.81. The highest BCUT2D eigenvalue weighted by Crippen LogP contribution is 2.26. The summed E-state index contributed by atoms with van der Waals surface area (Å²) in [5.74, 6) is 2.82.